The van der Waals surface area contributed by atoms with Crippen LogP contribution < -0.4 is 0 Å². The van der Waals surface area contributed by atoms with Gasteiger partial charge in [-0.1, -0.05) is 38.2 Å². The fraction of sp³-hybridized carbons (Fsp3) is 0.714. The molecule has 14 heavy (non-hydrogen) atoms. The molecule has 0 aromatic heterocycles. The Morgan fingerprint density at radius 1 is 0.643 bits per heavy atom. The summed E-state index contributed by atoms with van der Waals surface area (Å²) in [4.78, 5) is 0. The van der Waals surface area contributed by atoms with Gasteiger partial charge in [0.05, 0.1) is 0 Å². The van der Waals surface area contributed by atoms with E-state index in [0.29, 0.717) is 0 Å². The molecule has 78 valence electrons. The molecule has 0 N–H and O–H groups in total. The Bertz CT molecular complexity index is 210. The first-order chi connectivity index (χ1) is 6.75. The van der Waals surface area contributed by atoms with Crippen molar-refractivity contribution in [2.24, 2.45) is 23.7 Å². The largest absolute Gasteiger partial charge is 0.0854 e. The molecular formula is C14H22. The van der Waals surface area contributed by atoms with Gasteiger partial charge in [-0.2, -0.15) is 0 Å². The van der Waals surface area contributed by atoms with Crippen LogP contribution in [0, 0.1) is 23.7 Å². The normalized spacial score (nSPS) is 42.7. The van der Waals surface area contributed by atoms with Crippen molar-refractivity contribution >= 4 is 0 Å². The van der Waals surface area contributed by atoms with Gasteiger partial charge in [0.1, 0.15) is 0 Å². The molecule has 4 atom stereocenters. The predicted molar refractivity (Wildman–Crippen MR) is 62.1 cm³/mol. The van der Waals surface area contributed by atoms with Crippen LogP contribution in [0.5, 0.6) is 0 Å². The van der Waals surface area contributed by atoms with E-state index < -0.39 is 0 Å². The second-order valence-corrected chi connectivity index (χ2v) is 5.21. The SMILES string of the molecule is C[C@H]1C=C[C@@H]([C@@H]2C=C[C@H](C)CC2)CC1. The molecule has 0 heterocycles. The second kappa shape index (κ2) is 4.33. The van der Waals surface area contributed by atoms with E-state index in [4.69, 9.17) is 0 Å². The predicted octanol–water partition coefficient (Wildman–Crippen LogP) is 4.19. The van der Waals surface area contributed by atoms with Crippen molar-refractivity contribution in [3.05, 3.63) is 24.3 Å². The maximum Gasteiger partial charge on any atom is -0.0170 e. The molecule has 0 spiro atoms. The van der Waals surface area contributed by atoms with Crippen LogP contribution in [-0.4, -0.2) is 0 Å². The molecule has 0 bridgehead atoms. The first kappa shape index (κ1) is 10.0. The topological polar surface area (TPSA) is 0 Å². The number of rotatable bonds is 1. The van der Waals surface area contributed by atoms with E-state index in [0.717, 1.165) is 23.7 Å². The summed E-state index contributed by atoms with van der Waals surface area (Å²) in [6, 6.07) is 0. The standard InChI is InChI=1S/C14H22/c1-11-3-7-13(8-4-11)14-9-5-12(2)6-10-14/h3,5,7,9,11-14H,4,6,8,10H2,1-2H3/t11-,12-,13+,14+/m0/s1. The molecule has 2 aliphatic rings. The van der Waals surface area contributed by atoms with Crippen molar-refractivity contribution in [1.29, 1.82) is 0 Å². The minimum absolute atomic E-state index is 0.817. The molecule has 0 fully saturated rings. The average Bonchev–Trinajstić information content (AvgIpc) is 2.21. The van der Waals surface area contributed by atoms with Gasteiger partial charge >= 0.3 is 0 Å². The average molecular weight is 190 g/mol. The van der Waals surface area contributed by atoms with Crippen molar-refractivity contribution in [1.82, 2.24) is 0 Å². The molecule has 2 rings (SSSR count). The Balaban J connectivity index is 1.96. The van der Waals surface area contributed by atoms with Gasteiger partial charge in [-0.05, 0) is 49.4 Å². The molecule has 0 amide bonds. The third-order valence-electron chi connectivity index (χ3n) is 3.83. The molecule has 0 radical (unpaired) electrons. The highest BCUT2D eigenvalue weighted by Gasteiger charge is 2.22. The zero-order chi connectivity index (χ0) is 9.97. The summed E-state index contributed by atoms with van der Waals surface area (Å²) in [6.07, 6.45) is 15.4. The lowest BCUT2D eigenvalue weighted by Gasteiger charge is -2.29. The highest BCUT2D eigenvalue weighted by atomic mass is 14.3. The molecule has 0 aliphatic heterocycles. The fourth-order valence-corrected chi connectivity index (χ4v) is 2.67. The second-order valence-electron chi connectivity index (χ2n) is 5.21. The van der Waals surface area contributed by atoms with Crippen LogP contribution in [0.15, 0.2) is 24.3 Å². The molecule has 2 aliphatic carbocycles. The van der Waals surface area contributed by atoms with Crippen LogP contribution in [0.1, 0.15) is 39.5 Å². The Hall–Kier alpha value is -0.520. The van der Waals surface area contributed by atoms with E-state index in [9.17, 15) is 0 Å². The van der Waals surface area contributed by atoms with Crippen molar-refractivity contribution < 1.29 is 0 Å². The van der Waals surface area contributed by atoms with Crippen LogP contribution in [0.2, 0.25) is 0 Å². The number of allylic oxidation sites excluding steroid dienone is 4. The lowest BCUT2D eigenvalue weighted by Crippen LogP contribution is -2.18. The number of hydrogen-bond donors (Lipinski definition) is 0. The Morgan fingerprint density at radius 3 is 1.36 bits per heavy atom. The Labute approximate surface area is 88.1 Å². The summed E-state index contributed by atoms with van der Waals surface area (Å²) in [6.45, 7) is 4.65. The summed E-state index contributed by atoms with van der Waals surface area (Å²) in [7, 11) is 0. The van der Waals surface area contributed by atoms with E-state index in [-0.39, 0.29) is 0 Å². The van der Waals surface area contributed by atoms with Gasteiger partial charge in [-0.15, -0.1) is 0 Å². The van der Waals surface area contributed by atoms with E-state index in [1.54, 1.807) is 0 Å². The lowest BCUT2D eigenvalue weighted by molar-refractivity contribution is 0.343. The minimum atomic E-state index is 0.817. The summed E-state index contributed by atoms with van der Waals surface area (Å²) >= 11 is 0. The summed E-state index contributed by atoms with van der Waals surface area (Å²) in [5.74, 6) is 3.32. The van der Waals surface area contributed by atoms with Crippen molar-refractivity contribution in [2.45, 2.75) is 39.5 Å². The molecule has 0 aromatic carbocycles. The van der Waals surface area contributed by atoms with Crippen LogP contribution in [0.25, 0.3) is 0 Å². The molecular weight excluding hydrogens is 168 g/mol. The van der Waals surface area contributed by atoms with Crippen molar-refractivity contribution in [3.8, 4) is 0 Å². The molecule has 0 heteroatoms. The van der Waals surface area contributed by atoms with Crippen LogP contribution in [-0.2, 0) is 0 Å². The molecule has 0 saturated heterocycles. The van der Waals surface area contributed by atoms with Crippen LogP contribution >= 0.6 is 0 Å². The van der Waals surface area contributed by atoms with Gasteiger partial charge in [0.25, 0.3) is 0 Å². The third kappa shape index (κ3) is 2.29. The highest BCUT2D eigenvalue weighted by Crippen LogP contribution is 2.34. The van der Waals surface area contributed by atoms with Gasteiger partial charge in [0.2, 0.25) is 0 Å². The van der Waals surface area contributed by atoms with Gasteiger partial charge in [0, 0.05) is 0 Å². The lowest BCUT2D eigenvalue weighted by atomic mass is 9.76. The summed E-state index contributed by atoms with van der Waals surface area (Å²) in [5.41, 5.74) is 0. The Kier molecular flexibility index (Phi) is 3.10. The van der Waals surface area contributed by atoms with Gasteiger partial charge in [-0.3, -0.25) is 0 Å². The summed E-state index contributed by atoms with van der Waals surface area (Å²) < 4.78 is 0. The monoisotopic (exact) mass is 190 g/mol. The van der Waals surface area contributed by atoms with Crippen molar-refractivity contribution in [2.75, 3.05) is 0 Å². The molecule has 0 saturated carbocycles. The first-order valence-electron chi connectivity index (χ1n) is 6.12. The summed E-state index contributed by atoms with van der Waals surface area (Å²) in [5, 5.41) is 0. The molecule has 0 aromatic rings. The maximum absolute atomic E-state index is 2.47. The molecule has 0 unspecified atom stereocenters. The highest BCUT2D eigenvalue weighted by molar-refractivity contribution is 5.06. The number of hydrogen-bond acceptors (Lipinski definition) is 0. The fourth-order valence-electron chi connectivity index (χ4n) is 2.67. The van der Waals surface area contributed by atoms with Gasteiger partial charge in [-0.25, -0.2) is 0 Å². The Morgan fingerprint density at radius 2 is 1.07 bits per heavy atom. The third-order valence-corrected chi connectivity index (χ3v) is 3.83. The quantitative estimate of drug-likeness (QED) is 0.544. The van der Waals surface area contributed by atoms with Crippen molar-refractivity contribution in [3.63, 3.8) is 0 Å². The van der Waals surface area contributed by atoms with E-state index >= 15 is 0 Å². The van der Waals surface area contributed by atoms with Crippen LogP contribution in [0.3, 0.4) is 0 Å². The van der Waals surface area contributed by atoms with E-state index in [1.165, 1.54) is 25.7 Å². The smallest absolute Gasteiger partial charge is 0.0170 e. The zero-order valence-electron chi connectivity index (χ0n) is 9.45. The molecule has 0 nitrogen and oxygen atoms in total. The maximum atomic E-state index is 2.47. The van der Waals surface area contributed by atoms with Gasteiger partial charge in [0.15, 0.2) is 0 Å². The first-order valence-corrected chi connectivity index (χ1v) is 6.12. The van der Waals surface area contributed by atoms with E-state index in [1.807, 2.05) is 0 Å². The van der Waals surface area contributed by atoms with Gasteiger partial charge < -0.3 is 0 Å². The van der Waals surface area contributed by atoms with Crippen LogP contribution in [0.4, 0.5) is 0 Å². The minimum Gasteiger partial charge on any atom is -0.0854 e. The van der Waals surface area contributed by atoms with E-state index in [2.05, 4.69) is 38.2 Å². The zero-order valence-corrected chi connectivity index (χ0v) is 9.45.